The van der Waals surface area contributed by atoms with Crippen molar-refractivity contribution in [3.63, 3.8) is 0 Å². The first kappa shape index (κ1) is 16.1. The lowest BCUT2D eigenvalue weighted by Crippen LogP contribution is -2.39. The summed E-state index contributed by atoms with van der Waals surface area (Å²) < 4.78 is 0. The Morgan fingerprint density at radius 3 is 2.61 bits per heavy atom. The third-order valence-electron chi connectivity index (χ3n) is 5.07. The molecule has 2 atom stereocenters. The number of amides is 1. The molecule has 2 aliphatic rings. The zero-order valence-electron chi connectivity index (χ0n) is 13.5. The standard InChI is InChI=1S/C18H25N3O2/c22-17(14-4-2-1-3-5-14)15-10-16(20-12-15)18(23)21-11-13-6-8-19-9-7-13/h6-9,14-16,20H,1-5,10-12H2,(H,21,23). The highest BCUT2D eigenvalue weighted by Gasteiger charge is 2.36. The molecule has 0 bridgehead atoms. The highest BCUT2D eigenvalue weighted by Crippen LogP contribution is 2.29. The number of Topliss-reactive ketones (excluding diaryl/α,β-unsaturated/α-hetero) is 1. The van der Waals surface area contributed by atoms with Crippen molar-refractivity contribution in [2.45, 2.75) is 51.1 Å². The second kappa shape index (κ2) is 7.68. The van der Waals surface area contributed by atoms with E-state index in [2.05, 4.69) is 15.6 Å². The molecule has 2 unspecified atom stereocenters. The van der Waals surface area contributed by atoms with Gasteiger partial charge >= 0.3 is 0 Å². The summed E-state index contributed by atoms with van der Waals surface area (Å²) >= 11 is 0. The van der Waals surface area contributed by atoms with Crippen molar-refractivity contribution in [1.29, 1.82) is 0 Å². The Morgan fingerprint density at radius 1 is 1.13 bits per heavy atom. The average molecular weight is 315 g/mol. The highest BCUT2D eigenvalue weighted by atomic mass is 16.2. The number of nitrogens with one attached hydrogen (secondary N) is 2. The molecular formula is C18H25N3O2. The van der Waals surface area contributed by atoms with E-state index >= 15 is 0 Å². The van der Waals surface area contributed by atoms with Crippen LogP contribution in [-0.4, -0.2) is 29.3 Å². The van der Waals surface area contributed by atoms with Crippen LogP contribution in [0.2, 0.25) is 0 Å². The van der Waals surface area contributed by atoms with Gasteiger partial charge in [0, 0.05) is 37.3 Å². The van der Waals surface area contributed by atoms with Crippen LogP contribution in [0.4, 0.5) is 0 Å². The van der Waals surface area contributed by atoms with E-state index in [4.69, 9.17) is 0 Å². The predicted octanol–water partition coefficient (Wildman–Crippen LogP) is 1.83. The van der Waals surface area contributed by atoms with Gasteiger partial charge in [-0.2, -0.15) is 0 Å². The van der Waals surface area contributed by atoms with Crippen molar-refractivity contribution < 1.29 is 9.59 Å². The largest absolute Gasteiger partial charge is 0.351 e. The Hall–Kier alpha value is -1.75. The van der Waals surface area contributed by atoms with Crippen LogP contribution in [0.3, 0.4) is 0 Å². The van der Waals surface area contributed by atoms with Crippen LogP contribution < -0.4 is 10.6 Å². The van der Waals surface area contributed by atoms with Crippen LogP contribution in [0, 0.1) is 11.8 Å². The number of rotatable bonds is 5. The van der Waals surface area contributed by atoms with Gasteiger partial charge in [-0.15, -0.1) is 0 Å². The van der Waals surface area contributed by atoms with Gasteiger partial charge in [0.2, 0.25) is 5.91 Å². The molecule has 0 aromatic carbocycles. The number of hydrogen-bond donors (Lipinski definition) is 2. The minimum absolute atomic E-state index is 0.00905. The zero-order valence-corrected chi connectivity index (χ0v) is 13.5. The number of carbonyl (C=O) groups excluding carboxylic acids is 2. The van der Waals surface area contributed by atoms with E-state index in [1.54, 1.807) is 12.4 Å². The maximum atomic E-state index is 12.6. The molecule has 23 heavy (non-hydrogen) atoms. The Kier molecular flexibility index (Phi) is 5.39. The van der Waals surface area contributed by atoms with E-state index in [9.17, 15) is 9.59 Å². The Balaban J connectivity index is 1.46. The van der Waals surface area contributed by atoms with Crippen molar-refractivity contribution in [3.8, 4) is 0 Å². The molecule has 5 nitrogen and oxygen atoms in total. The van der Waals surface area contributed by atoms with Gasteiger partial charge in [-0.25, -0.2) is 0 Å². The van der Waals surface area contributed by atoms with Gasteiger partial charge in [0.05, 0.1) is 6.04 Å². The number of aromatic nitrogens is 1. The van der Waals surface area contributed by atoms with E-state index in [0.717, 1.165) is 18.4 Å². The molecule has 1 amide bonds. The van der Waals surface area contributed by atoms with Crippen LogP contribution in [0.25, 0.3) is 0 Å². The summed E-state index contributed by atoms with van der Waals surface area (Å²) in [5.41, 5.74) is 1.03. The summed E-state index contributed by atoms with van der Waals surface area (Å²) in [6, 6.07) is 3.53. The highest BCUT2D eigenvalue weighted by molar-refractivity contribution is 5.87. The van der Waals surface area contributed by atoms with Gasteiger partial charge in [-0.1, -0.05) is 19.3 Å². The van der Waals surface area contributed by atoms with E-state index in [1.165, 1.54) is 19.3 Å². The summed E-state index contributed by atoms with van der Waals surface area (Å²) in [6.07, 6.45) is 9.74. The smallest absolute Gasteiger partial charge is 0.237 e. The molecule has 124 valence electrons. The van der Waals surface area contributed by atoms with Gasteiger partial charge in [0.15, 0.2) is 0 Å². The molecule has 1 aromatic heterocycles. The molecule has 0 spiro atoms. The number of carbonyl (C=O) groups is 2. The van der Waals surface area contributed by atoms with Gasteiger partial charge < -0.3 is 10.6 Å². The van der Waals surface area contributed by atoms with E-state index < -0.39 is 0 Å². The van der Waals surface area contributed by atoms with Crippen LogP contribution in [0.1, 0.15) is 44.1 Å². The zero-order chi connectivity index (χ0) is 16.1. The van der Waals surface area contributed by atoms with E-state index in [1.807, 2.05) is 12.1 Å². The molecule has 2 fully saturated rings. The van der Waals surface area contributed by atoms with Crippen LogP contribution in [0.15, 0.2) is 24.5 Å². The topological polar surface area (TPSA) is 71.1 Å². The minimum atomic E-state index is -0.241. The monoisotopic (exact) mass is 315 g/mol. The fourth-order valence-electron chi connectivity index (χ4n) is 3.69. The van der Waals surface area contributed by atoms with Crippen LogP contribution >= 0.6 is 0 Å². The predicted molar refractivity (Wildman–Crippen MR) is 87.6 cm³/mol. The number of pyridine rings is 1. The molecule has 1 aliphatic heterocycles. The summed E-state index contributed by atoms with van der Waals surface area (Å²) in [6.45, 7) is 1.14. The Labute approximate surface area is 137 Å². The first-order valence-corrected chi connectivity index (χ1v) is 8.68. The third kappa shape index (κ3) is 4.16. The molecule has 3 rings (SSSR count). The molecule has 0 radical (unpaired) electrons. The molecule has 2 heterocycles. The van der Waals surface area contributed by atoms with Gasteiger partial charge in [-0.3, -0.25) is 14.6 Å². The summed E-state index contributed by atoms with van der Waals surface area (Å²) in [4.78, 5) is 28.8. The van der Waals surface area contributed by atoms with Gasteiger partial charge in [0.1, 0.15) is 5.78 Å². The molecular weight excluding hydrogens is 290 g/mol. The fourth-order valence-corrected chi connectivity index (χ4v) is 3.69. The summed E-state index contributed by atoms with van der Waals surface area (Å²) in [5, 5.41) is 6.16. The molecule has 1 saturated carbocycles. The lowest BCUT2D eigenvalue weighted by Gasteiger charge is -2.22. The van der Waals surface area contributed by atoms with Crippen molar-refractivity contribution in [2.24, 2.45) is 11.8 Å². The molecule has 1 aromatic rings. The van der Waals surface area contributed by atoms with Crippen LogP contribution in [-0.2, 0) is 16.1 Å². The number of ketones is 1. The summed E-state index contributed by atoms with van der Waals surface area (Å²) in [5.74, 6) is 0.603. The summed E-state index contributed by atoms with van der Waals surface area (Å²) in [7, 11) is 0. The second-order valence-corrected chi connectivity index (χ2v) is 6.70. The van der Waals surface area contributed by atoms with Gasteiger partial charge in [-0.05, 0) is 37.0 Å². The van der Waals surface area contributed by atoms with E-state index in [-0.39, 0.29) is 23.8 Å². The SMILES string of the molecule is O=C(C1CCCCC1)C1CNC(C(=O)NCc2ccncc2)C1. The van der Waals surface area contributed by atoms with Crippen molar-refractivity contribution in [3.05, 3.63) is 30.1 Å². The molecule has 2 N–H and O–H groups in total. The molecule has 1 saturated heterocycles. The third-order valence-corrected chi connectivity index (χ3v) is 5.07. The van der Waals surface area contributed by atoms with Crippen molar-refractivity contribution in [1.82, 2.24) is 15.6 Å². The van der Waals surface area contributed by atoms with Crippen LogP contribution in [0.5, 0.6) is 0 Å². The molecule has 5 heteroatoms. The fraction of sp³-hybridized carbons (Fsp3) is 0.611. The lowest BCUT2D eigenvalue weighted by atomic mass is 9.81. The van der Waals surface area contributed by atoms with E-state index in [0.29, 0.717) is 25.3 Å². The first-order chi connectivity index (χ1) is 11.2. The Bertz CT molecular complexity index is 540. The lowest BCUT2D eigenvalue weighted by molar-refractivity contribution is -0.127. The van der Waals surface area contributed by atoms with Crippen molar-refractivity contribution in [2.75, 3.05) is 6.54 Å². The number of hydrogen-bond acceptors (Lipinski definition) is 4. The quantitative estimate of drug-likeness (QED) is 0.869. The van der Waals surface area contributed by atoms with Crippen molar-refractivity contribution >= 4 is 11.7 Å². The maximum Gasteiger partial charge on any atom is 0.237 e. The first-order valence-electron chi connectivity index (χ1n) is 8.68. The second-order valence-electron chi connectivity index (χ2n) is 6.70. The average Bonchev–Trinajstić information content (AvgIpc) is 3.11. The minimum Gasteiger partial charge on any atom is -0.351 e. The normalized spacial score (nSPS) is 25.2. The maximum absolute atomic E-state index is 12.6. The Morgan fingerprint density at radius 2 is 1.87 bits per heavy atom. The number of nitrogens with zero attached hydrogens (tertiary/aromatic N) is 1. The molecule has 1 aliphatic carbocycles. The van der Waals surface area contributed by atoms with Gasteiger partial charge in [0.25, 0.3) is 0 Å².